The van der Waals surface area contributed by atoms with Gasteiger partial charge in [0, 0.05) is 5.69 Å². The fourth-order valence-corrected chi connectivity index (χ4v) is 9.51. The van der Waals surface area contributed by atoms with E-state index in [0.717, 1.165) is 22.5 Å². The SMILES string of the molecule is Bc1c(B)c(B)c2c(-c3cc4ccccc4c4ccccc34)c3c(B)c(B)c(B)c(B)c3c(-c3ccc(-n4c(C(B)(B)B)nc5ccccc54)cc3)c2c1B. The van der Waals surface area contributed by atoms with Crippen LogP contribution in [-0.4, -0.2) is 95.9 Å². The van der Waals surface area contributed by atoms with Crippen LogP contribution in [-0.2, 0) is 5.11 Å². The van der Waals surface area contributed by atoms with Gasteiger partial charge in [-0.2, -0.15) is 0 Å². The van der Waals surface area contributed by atoms with Crippen LogP contribution in [0.4, 0.5) is 0 Å². The van der Waals surface area contributed by atoms with Crippen molar-refractivity contribution in [3.63, 3.8) is 0 Å². The molecule has 0 aliphatic carbocycles. The van der Waals surface area contributed by atoms with E-state index in [4.69, 9.17) is 4.98 Å². The highest BCUT2D eigenvalue weighted by Gasteiger charge is 2.27. The molecule has 0 saturated heterocycles. The van der Waals surface area contributed by atoms with Crippen molar-refractivity contribution < 1.29 is 0 Å². The minimum atomic E-state index is -0.124. The molecule has 13 heteroatoms. The van der Waals surface area contributed by atoms with E-state index < -0.39 is 0 Å². The molecule has 9 rings (SSSR count). The maximum Gasteiger partial charge on any atom is 0.139 e. The summed E-state index contributed by atoms with van der Waals surface area (Å²) in [6.45, 7) is 0. The summed E-state index contributed by atoms with van der Waals surface area (Å²) < 4.78 is 2.36. The van der Waals surface area contributed by atoms with Crippen molar-refractivity contribution in [1.82, 2.24) is 9.55 Å². The molecule has 1 aromatic heterocycles. The molecule has 0 amide bonds. The summed E-state index contributed by atoms with van der Waals surface area (Å²) in [7, 11) is 25.4. The molecular weight excluding hydrogens is 651 g/mol. The Hall–Kier alpha value is -5.02. The van der Waals surface area contributed by atoms with Gasteiger partial charge in [0.05, 0.1) is 40.4 Å². The van der Waals surface area contributed by atoms with Gasteiger partial charge in [0.1, 0.15) is 62.8 Å². The van der Waals surface area contributed by atoms with Gasteiger partial charge in [-0.05, 0) is 95.7 Å². The molecule has 0 saturated carbocycles. The lowest BCUT2D eigenvalue weighted by atomic mass is 9.42. The Morgan fingerprint density at radius 2 is 0.927 bits per heavy atom. The number of aromatic nitrogens is 2. The number of nitrogens with zero attached hydrogens (tertiary/aromatic N) is 2. The fourth-order valence-electron chi connectivity index (χ4n) is 9.51. The highest BCUT2D eigenvalue weighted by atomic mass is 15.1. The van der Waals surface area contributed by atoms with Gasteiger partial charge in [0.25, 0.3) is 0 Å². The van der Waals surface area contributed by atoms with Crippen molar-refractivity contribution >= 4 is 184 Å². The van der Waals surface area contributed by atoms with Crippen LogP contribution in [0.25, 0.3) is 82.1 Å². The van der Waals surface area contributed by atoms with Gasteiger partial charge >= 0.3 is 0 Å². The number of hydrogen-bond acceptors (Lipinski definition) is 1. The summed E-state index contributed by atoms with van der Waals surface area (Å²) in [5, 5.41) is 10.5. The Kier molecular flexibility index (Phi) is 8.28. The summed E-state index contributed by atoms with van der Waals surface area (Å²) in [5.74, 6) is 1.07. The normalized spacial score (nSPS) is 12.1. The zero-order chi connectivity index (χ0) is 38.7. The second-order valence-electron chi connectivity index (χ2n) is 17.0. The molecule has 0 fully saturated rings. The summed E-state index contributed by atoms with van der Waals surface area (Å²) >= 11 is 0. The molecule has 8 aromatic carbocycles. The predicted octanol–water partition coefficient (Wildman–Crippen LogP) is -5.95. The number of imidazole rings is 1. The molecule has 0 aliphatic rings. The van der Waals surface area contributed by atoms with Crippen LogP contribution in [0.3, 0.4) is 0 Å². The van der Waals surface area contributed by atoms with Crippen molar-refractivity contribution in [3.05, 3.63) is 109 Å². The Morgan fingerprint density at radius 3 is 1.49 bits per heavy atom. The lowest BCUT2D eigenvalue weighted by Crippen LogP contribution is -2.50. The van der Waals surface area contributed by atoms with Crippen molar-refractivity contribution in [1.29, 1.82) is 0 Å². The predicted molar refractivity (Wildman–Crippen MR) is 275 cm³/mol. The number of para-hydroxylation sites is 2. The first-order valence-corrected chi connectivity index (χ1v) is 19.7. The third-order valence-corrected chi connectivity index (χ3v) is 13.1. The number of benzene rings is 8. The highest BCUT2D eigenvalue weighted by molar-refractivity contribution is 6.71. The molecule has 0 unspecified atom stereocenters. The van der Waals surface area contributed by atoms with Crippen molar-refractivity contribution in [2.24, 2.45) is 0 Å². The average Bonchev–Trinajstić information content (AvgIpc) is 3.60. The van der Waals surface area contributed by atoms with Crippen LogP contribution < -0.4 is 43.7 Å². The summed E-state index contributed by atoms with van der Waals surface area (Å²) in [6.07, 6.45) is 0. The van der Waals surface area contributed by atoms with Gasteiger partial charge < -0.3 is 0 Å². The van der Waals surface area contributed by atoms with Crippen molar-refractivity contribution in [2.75, 3.05) is 0 Å². The van der Waals surface area contributed by atoms with Gasteiger partial charge in [-0.1, -0.05) is 99.8 Å². The smallest absolute Gasteiger partial charge is 0.139 e. The summed E-state index contributed by atoms with van der Waals surface area (Å²) in [5.41, 5.74) is 19.5. The van der Waals surface area contributed by atoms with E-state index in [1.165, 1.54) is 109 Å². The lowest BCUT2D eigenvalue weighted by Gasteiger charge is -2.28. The van der Waals surface area contributed by atoms with Gasteiger partial charge in [-0.15, -0.1) is 21.9 Å². The van der Waals surface area contributed by atoms with Crippen LogP contribution in [0.2, 0.25) is 0 Å². The molecule has 0 atom stereocenters. The van der Waals surface area contributed by atoms with Gasteiger partial charge in [0.2, 0.25) is 0 Å². The zero-order valence-corrected chi connectivity index (χ0v) is 34.2. The van der Waals surface area contributed by atoms with Crippen LogP contribution >= 0.6 is 0 Å². The molecule has 0 N–H and O–H groups in total. The molecule has 2 nitrogen and oxygen atoms in total. The van der Waals surface area contributed by atoms with E-state index in [2.05, 4.69) is 194 Å². The monoisotopic (exact) mass is 692 g/mol. The maximum atomic E-state index is 5.14. The zero-order valence-electron chi connectivity index (χ0n) is 34.2. The first kappa shape index (κ1) is 35.7. The Bertz CT molecular complexity index is 3030. The second kappa shape index (κ2) is 12.8. The van der Waals surface area contributed by atoms with Gasteiger partial charge in [-0.25, -0.2) is 4.98 Å². The lowest BCUT2D eigenvalue weighted by molar-refractivity contribution is 0.929. The molecule has 0 bridgehead atoms. The van der Waals surface area contributed by atoms with Crippen LogP contribution in [0, 0.1) is 0 Å². The van der Waals surface area contributed by atoms with E-state index in [1.807, 2.05) is 0 Å². The van der Waals surface area contributed by atoms with E-state index in [-0.39, 0.29) is 5.11 Å². The third kappa shape index (κ3) is 5.22. The number of fused-ring (bicyclic) bond motifs is 6. The summed E-state index contributed by atoms with van der Waals surface area (Å²) in [6, 6.07) is 38.2. The Labute approximate surface area is 334 Å². The van der Waals surface area contributed by atoms with Crippen LogP contribution in [0.15, 0.2) is 103 Å². The molecular formula is C42H39B11N2. The molecule has 0 aliphatic heterocycles. The quantitative estimate of drug-likeness (QED) is 0.102. The number of hydrogen-bond donors (Lipinski definition) is 0. The first-order valence-electron chi connectivity index (χ1n) is 19.7. The first-order chi connectivity index (χ1) is 26.3. The largest absolute Gasteiger partial charge is 0.298 e. The van der Waals surface area contributed by atoms with E-state index in [0.29, 0.717) is 0 Å². The highest BCUT2D eigenvalue weighted by Crippen LogP contribution is 2.44. The fraction of sp³-hybridized carbons (Fsp3) is 0.0238. The Balaban J connectivity index is 1.46. The van der Waals surface area contributed by atoms with E-state index in [1.54, 1.807) is 0 Å². The molecule has 0 radical (unpaired) electrons. The van der Waals surface area contributed by atoms with Crippen molar-refractivity contribution in [2.45, 2.75) is 5.11 Å². The third-order valence-electron chi connectivity index (χ3n) is 13.1. The van der Waals surface area contributed by atoms with Gasteiger partial charge in [0.15, 0.2) is 0 Å². The van der Waals surface area contributed by atoms with Crippen molar-refractivity contribution in [3.8, 4) is 27.9 Å². The molecule has 9 aromatic rings. The molecule has 0 spiro atoms. The van der Waals surface area contributed by atoms with Crippen LogP contribution in [0.5, 0.6) is 0 Å². The van der Waals surface area contributed by atoms with E-state index in [9.17, 15) is 0 Å². The molecule has 250 valence electrons. The maximum absolute atomic E-state index is 5.14. The van der Waals surface area contributed by atoms with E-state index >= 15 is 0 Å². The molecule has 1 heterocycles. The average molecular weight is 691 g/mol. The minimum absolute atomic E-state index is 0.124. The molecule has 55 heavy (non-hydrogen) atoms. The number of rotatable bonds is 4. The standard InChI is InChI=1S/C42H39B11N2/c43-33-29-27(18-13-15-20(16-14-18)55-26-12-6-5-11-25(26)54-41(55)42(51,52)53)30-32(36(46)40(50)38(48)34(30)44)28(31(29)35(45)39(49)37(33)47)24-17-19-7-1-2-8-21(19)22-9-3-4-10-23(22)24/h1-17H,43-53H2. The Morgan fingerprint density at radius 1 is 0.455 bits per heavy atom. The second-order valence-corrected chi connectivity index (χ2v) is 17.0. The summed E-state index contributed by atoms with van der Waals surface area (Å²) in [4.78, 5) is 5.14. The van der Waals surface area contributed by atoms with Gasteiger partial charge in [-0.3, -0.25) is 4.57 Å². The topological polar surface area (TPSA) is 17.8 Å². The van der Waals surface area contributed by atoms with Crippen LogP contribution in [0.1, 0.15) is 5.82 Å². The minimum Gasteiger partial charge on any atom is -0.298 e.